The van der Waals surface area contributed by atoms with Gasteiger partial charge in [-0.15, -0.1) is 5.10 Å². The van der Waals surface area contributed by atoms with Crippen LogP contribution in [-0.4, -0.2) is 52.2 Å². The zero-order valence-corrected chi connectivity index (χ0v) is 23.6. The molecule has 216 valence electrons. The predicted octanol–water partition coefficient (Wildman–Crippen LogP) is 4.30. The molecule has 2 aromatic heterocycles. The van der Waals surface area contributed by atoms with E-state index in [4.69, 9.17) is 15.2 Å². The Kier molecular flexibility index (Phi) is 9.24. The molecule has 6 rings (SSSR count). The molecule has 10 heteroatoms. The Hall–Kier alpha value is -5.69. The Balaban J connectivity index is 0.000000207. The summed E-state index contributed by atoms with van der Waals surface area (Å²) in [6.07, 6.45) is 3.36. The van der Waals surface area contributed by atoms with Crippen molar-refractivity contribution in [1.29, 1.82) is 0 Å². The third kappa shape index (κ3) is 7.54. The first kappa shape index (κ1) is 28.8. The first-order valence-corrected chi connectivity index (χ1v) is 13.7. The van der Waals surface area contributed by atoms with Crippen molar-refractivity contribution in [2.75, 3.05) is 25.2 Å². The average molecular weight is 575 g/mol. The van der Waals surface area contributed by atoms with Crippen molar-refractivity contribution in [3.8, 4) is 23.3 Å². The number of benzene rings is 3. The molecule has 0 radical (unpaired) electrons. The molecular weight excluding hydrogens is 544 g/mol. The fraction of sp³-hybridized carbons (Fsp3) is 0.182. The molecule has 0 atom stereocenters. The lowest BCUT2D eigenvalue weighted by Crippen LogP contribution is -2.25. The number of ether oxygens (including phenoxy) is 2. The van der Waals surface area contributed by atoms with Crippen molar-refractivity contribution in [2.24, 2.45) is 5.73 Å². The van der Waals surface area contributed by atoms with Gasteiger partial charge in [0.15, 0.2) is 0 Å². The molecule has 0 spiro atoms. The molecule has 1 aliphatic rings. The normalized spacial score (nSPS) is 12.1. The van der Waals surface area contributed by atoms with Gasteiger partial charge in [0.1, 0.15) is 17.3 Å². The van der Waals surface area contributed by atoms with Crippen molar-refractivity contribution < 1.29 is 19.1 Å². The number of hydrogen-bond donors (Lipinski definition) is 2. The fourth-order valence-corrected chi connectivity index (χ4v) is 4.38. The van der Waals surface area contributed by atoms with Gasteiger partial charge >= 0.3 is 0 Å². The van der Waals surface area contributed by atoms with E-state index in [1.165, 1.54) is 0 Å². The lowest BCUT2D eigenvalue weighted by molar-refractivity contribution is -0.118. The number of primary amides is 1. The number of amides is 2. The van der Waals surface area contributed by atoms with Crippen molar-refractivity contribution >= 4 is 28.4 Å². The van der Waals surface area contributed by atoms with Crippen LogP contribution in [0.3, 0.4) is 0 Å². The van der Waals surface area contributed by atoms with Crippen molar-refractivity contribution in [2.45, 2.75) is 19.3 Å². The number of nitrogens with one attached hydrogen (secondary N) is 1. The Labute approximate surface area is 248 Å². The second-order valence-electron chi connectivity index (χ2n) is 9.59. The number of carbonyl (C=O) groups is 2. The summed E-state index contributed by atoms with van der Waals surface area (Å²) in [4.78, 5) is 32.7. The van der Waals surface area contributed by atoms with Gasteiger partial charge in [-0.1, -0.05) is 48.2 Å². The number of carbonyl (C=O) groups excluding carboxylic acids is 2. The SMILES string of the molecule is CN1C(=O)CCOc2ccc(C#CCCOc3cccc4ncccc34)cc21.NC(=O)c1n[nH]c(Cc2ccccc2)n1. The van der Waals surface area contributed by atoms with E-state index in [0.29, 0.717) is 44.1 Å². The summed E-state index contributed by atoms with van der Waals surface area (Å²) in [6, 6.07) is 25.2. The van der Waals surface area contributed by atoms with Gasteiger partial charge in [0.25, 0.3) is 5.91 Å². The smallest absolute Gasteiger partial charge is 0.288 e. The van der Waals surface area contributed by atoms with E-state index in [-0.39, 0.29) is 11.7 Å². The number of aromatic amines is 1. The van der Waals surface area contributed by atoms with Crippen LogP contribution < -0.4 is 20.1 Å². The topological polar surface area (TPSA) is 136 Å². The molecular formula is C33H30N6O4. The number of aromatic nitrogens is 4. The second-order valence-corrected chi connectivity index (χ2v) is 9.59. The van der Waals surface area contributed by atoms with Gasteiger partial charge in [-0.25, -0.2) is 4.98 Å². The minimum Gasteiger partial charge on any atom is -0.492 e. The van der Waals surface area contributed by atoms with Crippen LogP contribution in [-0.2, 0) is 11.2 Å². The summed E-state index contributed by atoms with van der Waals surface area (Å²) >= 11 is 0. The van der Waals surface area contributed by atoms with E-state index in [0.717, 1.165) is 33.5 Å². The molecule has 5 aromatic rings. The van der Waals surface area contributed by atoms with Crippen LogP contribution >= 0.6 is 0 Å². The standard InChI is InChI=1S/C23H20N2O3.C10H10N4O/c1-25-20-16-17(10-11-22(20)28-15-12-23(25)26)6-2-3-14-27-21-9-4-8-19-18(21)7-5-13-24-19;11-9(15)10-12-8(13-14-10)6-7-4-2-1-3-5-7/h4-5,7-11,13,16H,3,12,14-15H2,1H3;1-5H,6H2,(H2,11,15)(H,12,13,14). The lowest BCUT2D eigenvalue weighted by atomic mass is 10.1. The van der Waals surface area contributed by atoms with E-state index in [1.807, 2.05) is 78.9 Å². The van der Waals surface area contributed by atoms with Crippen LogP contribution in [0.25, 0.3) is 10.9 Å². The van der Waals surface area contributed by atoms with Crippen molar-refractivity contribution in [3.63, 3.8) is 0 Å². The molecule has 1 aliphatic heterocycles. The summed E-state index contributed by atoms with van der Waals surface area (Å²) < 4.78 is 11.5. The molecule has 2 amide bonds. The van der Waals surface area contributed by atoms with Gasteiger partial charge in [0, 0.05) is 37.0 Å². The summed E-state index contributed by atoms with van der Waals surface area (Å²) in [6.45, 7) is 0.898. The van der Waals surface area contributed by atoms with Crippen LogP contribution in [0.5, 0.6) is 11.5 Å². The van der Waals surface area contributed by atoms with Crippen LogP contribution in [0.4, 0.5) is 5.69 Å². The summed E-state index contributed by atoms with van der Waals surface area (Å²) in [5.74, 6) is 7.89. The van der Waals surface area contributed by atoms with Gasteiger partial charge in [0.2, 0.25) is 11.7 Å². The van der Waals surface area contributed by atoms with Gasteiger partial charge < -0.3 is 20.1 Å². The van der Waals surface area contributed by atoms with Crippen molar-refractivity contribution in [3.05, 3.63) is 108 Å². The number of hydrogen-bond acceptors (Lipinski definition) is 7. The number of nitrogens with zero attached hydrogens (tertiary/aromatic N) is 4. The number of rotatable bonds is 6. The largest absolute Gasteiger partial charge is 0.492 e. The number of anilines is 1. The number of H-pyrrole nitrogens is 1. The average Bonchev–Trinajstić information content (AvgIpc) is 3.45. The summed E-state index contributed by atoms with van der Waals surface area (Å²) in [5, 5.41) is 7.37. The zero-order valence-electron chi connectivity index (χ0n) is 23.6. The third-order valence-corrected chi connectivity index (χ3v) is 6.56. The highest BCUT2D eigenvalue weighted by atomic mass is 16.5. The van der Waals surface area contributed by atoms with Crippen LogP contribution in [0.1, 0.15) is 40.4 Å². The number of pyridine rings is 1. The highest BCUT2D eigenvalue weighted by Gasteiger charge is 2.19. The predicted molar refractivity (Wildman–Crippen MR) is 163 cm³/mol. The molecule has 0 fully saturated rings. The van der Waals surface area contributed by atoms with Gasteiger partial charge in [-0.3, -0.25) is 19.7 Å². The van der Waals surface area contributed by atoms with Crippen molar-refractivity contribution in [1.82, 2.24) is 20.2 Å². The van der Waals surface area contributed by atoms with Crippen LogP contribution in [0.15, 0.2) is 85.1 Å². The Morgan fingerprint density at radius 1 is 1.09 bits per heavy atom. The molecule has 3 aromatic carbocycles. The van der Waals surface area contributed by atoms with E-state index < -0.39 is 5.91 Å². The Morgan fingerprint density at radius 2 is 1.95 bits per heavy atom. The minimum atomic E-state index is -0.620. The number of nitrogens with two attached hydrogens (primary N) is 1. The van der Waals surface area contributed by atoms with Gasteiger partial charge in [0.05, 0.1) is 30.8 Å². The molecule has 3 N–H and O–H groups in total. The first-order valence-electron chi connectivity index (χ1n) is 13.7. The van der Waals surface area contributed by atoms with Crippen LogP contribution in [0.2, 0.25) is 0 Å². The fourth-order valence-electron chi connectivity index (χ4n) is 4.38. The number of fused-ring (bicyclic) bond motifs is 2. The molecule has 0 unspecified atom stereocenters. The first-order chi connectivity index (χ1) is 21.0. The molecule has 0 saturated carbocycles. The molecule has 3 heterocycles. The molecule has 10 nitrogen and oxygen atoms in total. The van der Waals surface area contributed by atoms with Crippen LogP contribution in [0, 0.1) is 11.8 Å². The van der Waals surface area contributed by atoms with Gasteiger partial charge in [-0.2, -0.15) is 0 Å². The van der Waals surface area contributed by atoms with E-state index in [2.05, 4.69) is 32.0 Å². The lowest BCUT2D eigenvalue weighted by Gasteiger charge is -2.16. The van der Waals surface area contributed by atoms with E-state index in [1.54, 1.807) is 18.1 Å². The molecule has 0 bridgehead atoms. The minimum absolute atomic E-state index is 0.0286. The molecule has 0 saturated heterocycles. The van der Waals surface area contributed by atoms with Gasteiger partial charge in [-0.05, 0) is 48.0 Å². The van der Waals surface area contributed by atoms with E-state index >= 15 is 0 Å². The monoisotopic (exact) mass is 574 g/mol. The highest BCUT2D eigenvalue weighted by Crippen LogP contribution is 2.31. The molecule has 43 heavy (non-hydrogen) atoms. The summed E-state index contributed by atoms with van der Waals surface area (Å²) in [5.41, 5.74) is 8.66. The maximum absolute atomic E-state index is 12.0. The quantitative estimate of drug-likeness (QED) is 0.228. The second kappa shape index (κ2) is 13.8. The zero-order chi connectivity index (χ0) is 30.0. The molecule has 0 aliphatic carbocycles. The third-order valence-electron chi connectivity index (χ3n) is 6.56. The van der Waals surface area contributed by atoms with E-state index in [9.17, 15) is 9.59 Å². The highest BCUT2D eigenvalue weighted by molar-refractivity contribution is 5.95. The Bertz CT molecular complexity index is 1790. The maximum atomic E-state index is 12.0. The summed E-state index contributed by atoms with van der Waals surface area (Å²) in [7, 11) is 1.76. The Morgan fingerprint density at radius 3 is 2.77 bits per heavy atom. The maximum Gasteiger partial charge on any atom is 0.288 e.